The van der Waals surface area contributed by atoms with E-state index in [1.54, 1.807) is 0 Å². The number of hydrogen-bond acceptors (Lipinski definition) is 4. The minimum Gasteiger partial charge on any atom is -0.422 e. The van der Waals surface area contributed by atoms with Gasteiger partial charge in [-0.05, 0) is 24.8 Å². The molecule has 4 nitrogen and oxygen atoms in total. The van der Waals surface area contributed by atoms with E-state index in [2.05, 4.69) is 23.8 Å². The van der Waals surface area contributed by atoms with Crippen LogP contribution in [0.25, 0.3) is 11.2 Å². The van der Waals surface area contributed by atoms with Crippen LogP contribution in [0.1, 0.15) is 50.1 Å². The van der Waals surface area contributed by atoms with Crippen LogP contribution in [0.5, 0.6) is 0 Å². The quantitative estimate of drug-likeness (QED) is 0.840. The van der Waals surface area contributed by atoms with E-state index < -0.39 is 0 Å². The fourth-order valence-electron chi connectivity index (χ4n) is 1.88. The Kier molecular flexibility index (Phi) is 1.93. The molecule has 0 atom stereocenters. The molecule has 0 unspecified atom stereocenters. The maximum atomic E-state index is 5.94. The Labute approximate surface area is 93.9 Å². The van der Waals surface area contributed by atoms with Gasteiger partial charge in [-0.1, -0.05) is 13.8 Å². The van der Waals surface area contributed by atoms with Crippen molar-refractivity contribution in [1.82, 2.24) is 9.97 Å². The molecule has 0 saturated heterocycles. The molecule has 3 rings (SSSR count). The second-order valence-electron chi connectivity index (χ2n) is 4.77. The maximum absolute atomic E-state index is 5.94. The molecule has 84 valence electrons. The molecule has 0 radical (unpaired) electrons. The largest absolute Gasteiger partial charge is 0.422 e. The predicted octanol–water partition coefficient (Wildman–Crippen LogP) is 2.81. The fraction of sp³-hybridized carbons (Fsp3) is 0.500. The smallest absolute Gasteiger partial charge is 0.247 e. The van der Waals surface area contributed by atoms with E-state index in [9.17, 15) is 0 Å². The molecule has 0 bridgehead atoms. The van der Waals surface area contributed by atoms with Crippen LogP contribution in [0, 0.1) is 0 Å². The van der Waals surface area contributed by atoms with Gasteiger partial charge in [0.05, 0.1) is 11.4 Å². The fourth-order valence-corrected chi connectivity index (χ4v) is 1.88. The molecule has 0 spiro atoms. The monoisotopic (exact) mass is 217 g/mol. The van der Waals surface area contributed by atoms with E-state index in [0.717, 1.165) is 17.1 Å². The Morgan fingerprint density at radius 3 is 2.75 bits per heavy atom. The predicted molar refractivity (Wildman–Crippen MR) is 62.3 cm³/mol. The Morgan fingerprint density at radius 1 is 1.38 bits per heavy atom. The maximum Gasteiger partial charge on any atom is 0.247 e. The normalized spacial score (nSPS) is 16.2. The number of rotatable bonds is 2. The zero-order valence-electron chi connectivity index (χ0n) is 9.53. The summed E-state index contributed by atoms with van der Waals surface area (Å²) in [4.78, 5) is 8.88. The van der Waals surface area contributed by atoms with Crippen molar-refractivity contribution in [2.75, 3.05) is 5.73 Å². The Morgan fingerprint density at radius 2 is 2.12 bits per heavy atom. The van der Waals surface area contributed by atoms with E-state index in [4.69, 9.17) is 10.2 Å². The number of nitrogens with zero attached hydrogens (tertiary/aromatic N) is 2. The summed E-state index contributed by atoms with van der Waals surface area (Å²) in [7, 11) is 0. The first-order valence-electron chi connectivity index (χ1n) is 5.72. The Balaban J connectivity index is 2.15. The molecule has 2 N–H and O–H groups in total. The molecule has 2 heterocycles. The molecule has 16 heavy (non-hydrogen) atoms. The zero-order valence-corrected chi connectivity index (χ0v) is 9.53. The summed E-state index contributed by atoms with van der Waals surface area (Å²) >= 11 is 0. The van der Waals surface area contributed by atoms with Crippen LogP contribution in [0.4, 0.5) is 5.69 Å². The summed E-state index contributed by atoms with van der Waals surface area (Å²) in [5.74, 6) is 1.64. The molecule has 2 aromatic rings. The first-order valence-corrected chi connectivity index (χ1v) is 5.72. The summed E-state index contributed by atoms with van der Waals surface area (Å²) in [6, 6.07) is 1.87. The highest BCUT2D eigenvalue weighted by Gasteiger charge is 2.29. The van der Waals surface area contributed by atoms with Gasteiger partial charge >= 0.3 is 0 Å². The molecule has 1 fully saturated rings. The van der Waals surface area contributed by atoms with Crippen molar-refractivity contribution in [2.24, 2.45) is 0 Å². The molecular weight excluding hydrogens is 202 g/mol. The van der Waals surface area contributed by atoms with E-state index in [1.807, 2.05) is 6.07 Å². The molecule has 0 aromatic carbocycles. The molecular formula is C12H15N3O. The zero-order chi connectivity index (χ0) is 11.3. The SMILES string of the molecule is CC(C)c1nc2oc(C3CC3)nc2cc1N. The van der Waals surface area contributed by atoms with Crippen LogP contribution >= 0.6 is 0 Å². The minimum atomic E-state index is 0.305. The third-order valence-corrected chi connectivity index (χ3v) is 2.93. The lowest BCUT2D eigenvalue weighted by Gasteiger charge is -2.06. The summed E-state index contributed by atoms with van der Waals surface area (Å²) in [5.41, 5.74) is 8.95. The number of anilines is 1. The van der Waals surface area contributed by atoms with Crippen LogP contribution in [0.3, 0.4) is 0 Å². The van der Waals surface area contributed by atoms with E-state index >= 15 is 0 Å². The van der Waals surface area contributed by atoms with Gasteiger partial charge in [0, 0.05) is 5.92 Å². The van der Waals surface area contributed by atoms with Crippen LogP contribution in [-0.4, -0.2) is 9.97 Å². The molecule has 1 saturated carbocycles. The summed E-state index contributed by atoms with van der Waals surface area (Å²) in [6.45, 7) is 4.14. The number of pyridine rings is 1. The van der Waals surface area contributed by atoms with Crippen molar-refractivity contribution in [3.63, 3.8) is 0 Å². The van der Waals surface area contributed by atoms with E-state index in [1.165, 1.54) is 12.8 Å². The highest BCUT2D eigenvalue weighted by molar-refractivity contribution is 5.74. The lowest BCUT2D eigenvalue weighted by Crippen LogP contribution is -1.99. The second kappa shape index (κ2) is 3.20. The summed E-state index contributed by atoms with van der Waals surface area (Å²) < 4.78 is 5.66. The highest BCUT2D eigenvalue weighted by atomic mass is 16.4. The van der Waals surface area contributed by atoms with Crippen LogP contribution < -0.4 is 5.73 Å². The molecule has 4 heteroatoms. The number of hydrogen-bond donors (Lipinski definition) is 1. The van der Waals surface area contributed by atoms with Crippen LogP contribution in [0.2, 0.25) is 0 Å². The third-order valence-electron chi connectivity index (χ3n) is 2.93. The van der Waals surface area contributed by atoms with Gasteiger partial charge in [0.25, 0.3) is 0 Å². The van der Waals surface area contributed by atoms with Crippen molar-refractivity contribution < 1.29 is 4.42 Å². The average Bonchev–Trinajstić information content (AvgIpc) is 2.98. The Hall–Kier alpha value is -1.58. The van der Waals surface area contributed by atoms with Gasteiger partial charge in [0.2, 0.25) is 11.6 Å². The first-order chi connectivity index (χ1) is 7.65. The van der Waals surface area contributed by atoms with Gasteiger partial charge in [-0.2, -0.15) is 0 Å². The second-order valence-corrected chi connectivity index (χ2v) is 4.77. The van der Waals surface area contributed by atoms with Crippen molar-refractivity contribution in [1.29, 1.82) is 0 Å². The van der Waals surface area contributed by atoms with Crippen molar-refractivity contribution >= 4 is 16.9 Å². The molecule has 1 aliphatic carbocycles. The highest BCUT2D eigenvalue weighted by Crippen LogP contribution is 2.40. The van der Waals surface area contributed by atoms with Gasteiger partial charge < -0.3 is 10.2 Å². The van der Waals surface area contributed by atoms with Crippen LogP contribution in [0.15, 0.2) is 10.5 Å². The van der Waals surface area contributed by atoms with Gasteiger partial charge in [-0.25, -0.2) is 9.97 Å². The Bertz CT molecular complexity index is 540. The van der Waals surface area contributed by atoms with Gasteiger partial charge in [0.1, 0.15) is 5.52 Å². The standard InChI is InChI=1S/C12H15N3O/c1-6(2)10-8(13)5-9-12(15-10)16-11(14-9)7-3-4-7/h5-7H,3-4,13H2,1-2H3. The number of aromatic nitrogens is 2. The van der Waals surface area contributed by atoms with Gasteiger partial charge in [0.15, 0.2) is 0 Å². The van der Waals surface area contributed by atoms with Gasteiger partial charge in [-0.15, -0.1) is 0 Å². The molecule has 2 aromatic heterocycles. The number of oxazole rings is 1. The number of nitrogen functional groups attached to an aromatic ring is 1. The average molecular weight is 217 g/mol. The van der Waals surface area contributed by atoms with Crippen molar-refractivity contribution in [3.8, 4) is 0 Å². The number of fused-ring (bicyclic) bond motifs is 1. The minimum absolute atomic E-state index is 0.305. The lowest BCUT2D eigenvalue weighted by atomic mass is 10.1. The topological polar surface area (TPSA) is 64.9 Å². The van der Waals surface area contributed by atoms with E-state index in [0.29, 0.717) is 23.2 Å². The molecule has 1 aliphatic rings. The van der Waals surface area contributed by atoms with Crippen LogP contribution in [-0.2, 0) is 0 Å². The first kappa shape index (κ1) is 9.63. The lowest BCUT2D eigenvalue weighted by molar-refractivity contribution is 0.523. The summed E-state index contributed by atoms with van der Waals surface area (Å²) in [6.07, 6.45) is 2.36. The van der Waals surface area contributed by atoms with Gasteiger partial charge in [-0.3, -0.25) is 0 Å². The molecule has 0 aliphatic heterocycles. The van der Waals surface area contributed by atoms with E-state index in [-0.39, 0.29) is 0 Å². The third kappa shape index (κ3) is 1.45. The molecule has 0 amide bonds. The van der Waals surface area contributed by atoms with Crippen molar-refractivity contribution in [3.05, 3.63) is 17.7 Å². The van der Waals surface area contributed by atoms with Crippen molar-refractivity contribution in [2.45, 2.75) is 38.5 Å². The number of nitrogens with two attached hydrogens (primary N) is 1. The summed E-state index contributed by atoms with van der Waals surface area (Å²) in [5, 5.41) is 0.